The Morgan fingerprint density at radius 2 is 2.47 bits per heavy atom. The molecule has 2 fully saturated rings. The molecule has 2 unspecified atom stereocenters. The molecule has 0 bridgehead atoms. The van der Waals surface area contributed by atoms with Crippen molar-refractivity contribution >= 4 is 11.8 Å². The predicted molar refractivity (Wildman–Crippen MR) is 64.4 cm³/mol. The summed E-state index contributed by atoms with van der Waals surface area (Å²) in [6, 6.07) is 0.0464. The molecule has 2 aliphatic rings. The number of nitrogens with zero attached hydrogens (tertiary/aromatic N) is 1. The summed E-state index contributed by atoms with van der Waals surface area (Å²) in [5.74, 6) is 0.439. The van der Waals surface area contributed by atoms with Crippen LogP contribution in [0.3, 0.4) is 0 Å². The lowest BCUT2D eigenvalue weighted by Gasteiger charge is -2.22. The number of hydrogen-bond donors (Lipinski definition) is 2. The number of carbonyl (C=O) groups is 2. The van der Waals surface area contributed by atoms with Crippen molar-refractivity contribution in [3.05, 3.63) is 0 Å². The topological polar surface area (TPSA) is 61.4 Å². The highest BCUT2D eigenvalue weighted by molar-refractivity contribution is 5.80. The van der Waals surface area contributed by atoms with Crippen molar-refractivity contribution in [3.63, 3.8) is 0 Å². The maximum Gasteiger partial charge on any atom is 0.224 e. The van der Waals surface area contributed by atoms with Gasteiger partial charge in [-0.2, -0.15) is 0 Å². The van der Waals surface area contributed by atoms with Gasteiger partial charge in [-0.3, -0.25) is 9.59 Å². The first kappa shape index (κ1) is 12.4. The molecule has 0 aromatic rings. The zero-order valence-corrected chi connectivity index (χ0v) is 10.4. The van der Waals surface area contributed by atoms with Crippen LogP contribution in [0.25, 0.3) is 0 Å². The lowest BCUT2D eigenvalue weighted by molar-refractivity contribution is -0.129. The van der Waals surface area contributed by atoms with Gasteiger partial charge in [-0.05, 0) is 26.3 Å². The molecule has 0 aliphatic carbocycles. The van der Waals surface area contributed by atoms with Gasteiger partial charge in [0.2, 0.25) is 11.8 Å². The number of carbonyl (C=O) groups excluding carboxylic acids is 2. The number of nitrogens with one attached hydrogen (secondary N) is 2. The van der Waals surface area contributed by atoms with E-state index in [1.807, 2.05) is 11.8 Å². The molecule has 5 heteroatoms. The van der Waals surface area contributed by atoms with Crippen LogP contribution in [0.4, 0.5) is 0 Å². The Kier molecular flexibility index (Phi) is 3.99. The van der Waals surface area contributed by atoms with Crippen LogP contribution >= 0.6 is 0 Å². The Hall–Kier alpha value is -1.10. The Labute approximate surface area is 102 Å². The summed E-state index contributed by atoms with van der Waals surface area (Å²) < 4.78 is 0. The third-order valence-electron chi connectivity index (χ3n) is 3.49. The van der Waals surface area contributed by atoms with E-state index in [4.69, 9.17) is 0 Å². The lowest BCUT2D eigenvalue weighted by atomic mass is 10.1. The molecule has 2 heterocycles. The molecule has 2 atom stereocenters. The average Bonchev–Trinajstić information content (AvgIpc) is 2.90. The zero-order chi connectivity index (χ0) is 12.3. The Balaban J connectivity index is 1.74. The molecule has 0 spiro atoms. The first-order valence-electron chi connectivity index (χ1n) is 6.45. The Morgan fingerprint density at radius 3 is 3.06 bits per heavy atom. The van der Waals surface area contributed by atoms with E-state index in [0.717, 1.165) is 32.5 Å². The van der Waals surface area contributed by atoms with Gasteiger partial charge in [-0.15, -0.1) is 0 Å². The summed E-state index contributed by atoms with van der Waals surface area (Å²) in [4.78, 5) is 25.2. The van der Waals surface area contributed by atoms with Crippen LogP contribution in [0.1, 0.15) is 26.2 Å². The number of likely N-dealkylation sites (tertiary alicyclic amines) is 1. The van der Waals surface area contributed by atoms with Crippen molar-refractivity contribution in [2.75, 3.05) is 26.2 Å². The van der Waals surface area contributed by atoms with Crippen molar-refractivity contribution in [2.24, 2.45) is 5.92 Å². The van der Waals surface area contributed by atoms with Crippen LogP contribution in [0.2, 0.25) is 0 Å². The minimum absolute atomic E-state index is 0.0464. The summed E-state index contributed by atoms with van der Waals surface area (Å²) in [5.41, 5.74) is 0. The smallest absolute Gasteiger partial charge is 0.224 e. The Bertz CT molecular complexity index is 300. The molecule has 5 nitrogen and oxygen atoms in total. The third-order valence-corrected chi connectivity index (χ3v) is 3.49. The molecular formula is C12H21N3O2. The fourth-order valence-corrected chi connectivity index (χ4v) is 2.51. The van der Waals surface area contributed by atoms with E-state index in [1.165, 1.54) is 0 Å². The summed E-state index contributed by atoms with van der Waals surface area (Å²) in [5, 5.41) is 6.18. The molecule has 2 N–H and O–H groups in total. The molecule has 2 saturated heterocycles. The van der Waals surface area contributed by atoms with E-state index in [2.05, 4.69) is 10.6 Å². The van der Waals surface area contributed by atoms with Crippen LogP contribution < -0.4 is 10.6 Å². The summed E-state index contributed by atoms with van der Waals surface area (Å²) >= 11 is 0. The summed E-state index contributed by atoms with van der Waals surface area (Å²) in [7, 11) is 0. The van der Waals surface area contributed by atoms with Crippen molar-refractivity contribution < 1.29 is 9.59 Å². The standard InChI is InChI=1S/C12H21N3O2/c1-9(8-15-6-2-3-11(15)16)14-12(17)10-4-5-13-7-10/h9-10,13H,2-8H2,1H3,(H,14,17). The van der Waals surface area contributed by atoms with Gasteiger partial charge in [0.05, 0.1) is 5.92 Å². The molecule has 96 valence electrons. The van der Waals surface area contributed by atoms with Gasteiger partial charge < -0.3 is 15.5 Å². The number of rotatable bonds is 4. The highest BCUT2D eigenvalue weighted by atomic mass is 16.2. The first-order valence-corrected chi connectivity index (χ1v) is 6.45. The van der Waals surface area contributed by atoms with Crippen LogP contribution in [-0.2, 0) is 9.59 Å². The van der Waals surface area contributed by atoms with E-state index in [1.54, 1.807) is 0 Å². The average molecular weight is 239 g/mol. The lowest BCUT2D eigenvalue weighted by Crippen LogP contribution is -2.44. The molecule has 2 amide bonds. The minimum Gasteiger partial charge on any atom is -0.352 e. The van der Waals surface area contributed by atoms with E-state index in [0.29, 0.717) is 13.0 Å². The summed E-state index contributed by atoms with van der Waals surface area (Å²) in [6.45, 7) is 5.15. The Morgan fingerprint density at radius 1 is 1.65 bits per heavy atom. The number of hydrogen-bond acceptors (Lipinski definition) is 3. The van der Waals surface area contributed by atoms with Crippen LogP contribution in [-0.4, -0.2) is 48.9 Å². The van der Waals surface area contributed by atoms with Crippen molar-refractivity contribution in [1.82, 2.24) is 15.5 Å². The quantitative estimate of drug-likeness (QED) is 0.709. The molecule has 2 rings (SSSR count). The van der Waals surface area contributed by atoms with Gasteiger partial charge in [0, 0.05) is 32.1 Å². The second-order valence-electron chi connectivity index (χ2n) is 5.04. The van der Waals surface area contributed by atoms with Crippen LogP contribution in [0.5, 0.6) is 0 Å². The van der Waals surface area contributed by atoms with E-state index < -0.39 is 0 Å². The van der Waals surface area contributed by atoms with Gasteiger partial charge in [0.1, 0.15) is 0 Å². The predicted octanol–water partition coefficient (Wildman–Crippen LogP) is -0.277. The molecule has 0 saturated carbocycles. The van der Waals surface area contributed by atoms with Crippen molar-refractivity contribution in [1.29, 1.82) is 0 Å². The highest BCUT2D eigenvalue weighted by Crippen LogP contribution is 2.11. The van der Waals surface area contributed by atoms with E-state index in [9.17, 15) is 9.59 Å². The normalized spacial score (nSPS) is 26.3. The van der Waals surface area contributed by atoms with Crippen LogP contribution in [0.15, 0.2) is 0 Å². The van der Waals surface area contributed by atoms with E-state index in [-0.39, 0.29) is 23.8 Å². The maximum atomic E-state index is 11.9. The second-order valence-corrected chi connectivity index (χ2v) is 5.04. The summed E-state index contributed by atoms with van der Waals surface area (Å²) in [6.07, 6.45) is 2.53. The van der Waals surface area contributed by atoms with Gasteiger partial charge in [0.15, 0.2) is 0 Å². The highest BCUT2D eigenvalue weighted by Gasteiger charge is 2.26. The van der Waals surface area contributed by atoms with Crippen molar-refractivity contribution in [2.45, 2.75) is 32.2 Å². The molecule has 0 aromatic heterocycles. The van der Waals surface area contributed by atoms with E-state index >= 15 is 0 Å². The van der Waals surface area contributed by atoms with Gasteiger partial charge >= 0.3 is 0 Å². The molecule has 0 radical (unpaired) electrons. The minimum atomic E-state index is 0.0464. The largest absolute Gasteiger partial charge is 0.352 e. The fourth-order valence-electron chi connectivity index (χ4n) is 2.51. The fraction of sp³-hybridized carbons (Fsp3) is 0.833. The second kappa shape index (κ2) is 5.49. The number of amides is 2. The third kappa shape index (κ3) is 3.19. The first-order chi connectivity index (χ1) is 8.16. The molecule has 2 aliphatic heterocycles. The SMILES string of the molecule is CC(CN1CCCC1=O)NC(=O)C1CCNC1. The zero-order valence-electron chi connectivity index (χ0n) is 10.4. The van der Waals surface area contributed by atoms with Gasteiger partial charge in [-0.1, -0.05) is 0 Å². The van der Waals surface area contributed by atoms with Crippen LogP contribution in [0, 0.1) is 5.92 Å². The maximum absolute atomic E-state index is 11.9. The molecule has 17 heavy (non-hydrogen) atoms. The van der Waals surface area contributed by atoms with Gasteiger partial charge in [0.25, 0.3) is 0 Å². The monoisotopic (exact) mass is 239 g/mol. The molecular weight excluding hydrogens is 218 g/mol. The molecule has 0 aromatic carbocycles. The van der Waals surface area contributed by atoms with Gasteiger partial charge in [-0.25, -0.2) is 0 Å². The van der Waals surface area contributed by atoms with Crippen molar-refractivity contribution in [3.8, 4) is 0 Å².